The van der Waals surface area contributed by atoms with E-state index in [0.717, 1.165) is 5.56 Å². The first-order valence-corrected chi connectivity index (χ1v) is 8.20. The molecule has 2 aromatic rings. The van der Waals surface area contributed by atoms with E-state index in [2.05, 4.69) is 10.6 Å². The van der Waals surface area contributed by atoms with Gasteiger partial charge in [0.25, 0.3) is 0 Å². The second kappa shape index (κ2) is 8.37. The van der Waals surface area contributed by atoms with Crippen LogP contribution < -0.4 is 10.6 Å². The lowest BCUT2D eigenvalue weighted by molar-refractivity contribution is -0.121. The maximum atomic E-state index is 12.2. The van der Waals surface area contributed by atoms with Gasteiger partial charge >= 0.3 is 6.09 Å². The van der Waals surface area contributed by atoms with Crippen LogP contribution in [0.4, 0.5) is 4.79 Å². The predicted molar refractivity (Wildman–Crippen MR) is 94.0 cm³/mol. The summed E-state index contributed by atoms with van der Waals surface area (Å²) in [5.41, 5.74) is 0.357. The molecule has 134 valence electrons. The highest BCUT2D eigenvalue weighted by molar-refractivity contribution is 5.78. The van der Waals surface area contributed by atoms with Gasteiger partial charge < -0.3 is 19.8 Å². The Hall–Kier alpha value is -2.76. The number of carbonyl (C=O) groups excluding carboxylic acids is 2. The van der Waals surface area contributed by atoms with Crippen molar-refractivity contribution >= 4 is 12.0 Å². The summed E-state index contributed by atoms with van der Waals surface area (Å²) >= 11 is 0. The lowest BCUT2D eigenvalue weighted by Gasteiger charge is -2.20. The monoisotopic (exact) mass is 344 g/mol. The molecule has 2 amide bonds. The van der Waals surface area contributed by atoms with Gasteiger partial charge in [-0.1, -0.05) is 30.3 Å². The summed E-state index contributed by atoms with van der Waals surface area (Å²) in [6.45, 7) is 5.55. The van der Waals surface area contributed by atoms with E-state index >= 15 is 0 Å². The van der Waals surface area contributed by atoms with Gasteiger partial charge in [0, 0.05) is 13.0 Å². The van der Waals surface area contributed by atoms with Gasteiger partial charge in [-0.05, 0) is 38.5 Å². The summed E-state index contributed by atoms with van der Waals surface area (Å²) in [6, 6.07) is 12.8. The van der Waals surface area contributed by atoms with E-state index in [9.17, 15) is 9.59 Å². The molecule has 0 bridgehead atoms. The van der Waals surface area contributed by atoms with Crippen molar-refractivity contribution < 1.29 is 18.7 Å². The van der Waals surface area contributed by atoms with Crippen LogP contribution >= 0.6 is 0 Å². The summed E-state index contributed by atoms with van der Waals surface area (Å²) in [6.07, 6.45) is 1.18. The van der Waals surface area contributed by atoms with Crippen molar-refractivity contribution in [2.24, 2.45) is 0 Å². The molecule has 25 heavy (non-hydrogen) atoms. The molecule has 0 fully saturated rings. The fourth-order valence-corrected chi connectivity index (χ4v) is 2.25. The average Bonchev–Trinajstić information content (AvgIpc) is 3.06. The fourth-order valence-electron chi connectivity index (χ4n) is 2.25. The van der Waals surface area contributed by atoms with Gasteiger partial charge in [-0.2, -0.15) is 0 Å². The normalized spacial score (nSPS) is 12.3. The molecular formula is C19H24N2O4. The maximum Gasteiger partial charge on any atom is 0.407 e. The van der Waals surface area contributed by atoms with E-state index in [-0.39, 0.29) is 24.9 Å². The summed E-state index contributed by atoms with van der Waals surface area (Å²) < 4.78 is 10.6. The molecule has 0 radical (unpaired) electrons. The van der Waals surface area contributed by atoms with Gasteiger partial charge in [0.1, 0.15) is 17.4 Å². The van der Waals surface area contributed by atoms with Gasteiger partial charge in [0.15, 0.2) is 0 Å². The zero-order chi connectivity index (χ0) is 18.3. The topological polar surface area (TPSA) is 80.6 Å². The Morgan fingerprint density at radius 3 is 2.44 bits per heavy atom. The number of furan rings is 1. The Morgan fingerprint density at radius 1 is 1.12 bits per heavy atom. The van der Waals surface area contributed by atoms with Gasteiger partial charge in [-0.25, -0.2) is 4.79 Å². The minimum atomic E-state index is -0.565. The van der Waals surface area contributed by atoms with Crippen molar-refractivity contribution in [2.45, 2.75) is 38.8 Å². The van der Waals surface area contributed by atoms with Crippen LogP contribution in [0.15, 0.2) is 53.1 Å². The van der Waals surface area contributed by atoms with E-state index in [1.807, 2.05) is 36.4 Å². The first kappa shape index (κ1) is 18.6. The molecule has 2 rings (SSSR count). The molecule has 1 atom stereocenters. The highest BCUT2D eigenvalue weighted by atomic mass is 16.6. The number of benzene rings is 1. The fraction of sp³-hybridized carbons (Fsp3) is 0.368. The standard InChI is InChI=1S/C19H24N2O4/c1-19(2,3)25-18(23)20-12-11-16(22)21-17(15-10-7-13-24-15)14-8-5-4-6-9-14/h4-10,13,17H,11-12H2,1-3H3,(H,20,23)(H,21,22). The Bertz CT molecular complexity index is 675. The number of alkyl carbamates (subject to hydrolysis) is 1. The van der Waals surface area contributed by atoms with E-state index in [1.54, 1.807) is 33.1 Å². The third kappa shape index (κ3) is 6.33. The first-order chi connectivity index (χ1) is 11.8. The van der Waals surface area contributed by atoms with Crippen molar-refractivity contribution in [3.05, 3.63) is 60.1 Å². The lowest BCUT2D eigenvalue weighted by Crippen LogP contribution is -2.36. The minimum absolute atomic E-state index is 0.142. The molecule has 1 unspecified atom stereocenters. The van der Waals surface area contributed by atoms with Gasteiger partial charge in [0.05, 0.1) is 6.26 Å². The molecule has 1 aromatic carbocycles. The SMILES string of the molecule is CC(C)(C)OC(=O)NCCC(=O)NC(c1ccccc1)c1ccco1. The molecule has 0 saturated heterocycles. The highest BCUT2D eigenvalue weighted by Crippen LogP contribution is 2.22. The Morgan fingerprint density at radius 2 is 1.84 bits per heavy atom. The molecule has 0 saturated carbocycles. The van der Waals surface area contributed by atoms with Crippen LogP contribution in [0.5, 0.6) is 0 Å². The van der Waals surface area contributed by atoms with Crippen molar-refractivity contribution in [2.75, 3.05) is 6.54 Å². The highest BCUT2D eigenvalue weighted by Gasteiger charge is 2.20. The van der Waals surface area contributed by atoms with Crippen LogP contribution in [-0.4, -0.2) is 24.1 Å². The molecule has 6 nitrogen and oxygen atoms in total. The van der Waals surface area contributed by atoms with E-state index in [4.69, 9.17) is 9.15 Å². The summed E-state index contributed by atoms with van der Waals surface area (Å²) in [4.78, 5) is 23.8. The van der Waals surface area contributed by atoms with Crippen LogP contribution in [-0.2, 0) is 9.53 Å². The van der Waals surface area contributed by atoms with E-state index in [1.165, 1.54) is 0 Å². The molecule has 0 aliphatic carbocycles. The number of carbonyl (C=O) groups is 2. The number of amides is 2. The summed E-state index contributed by atoms with van der Waals surface area (Å²) in [7, 11) is 0. The number of nitrogens with one attached hydrogen (secondary N) is 2. The van der Waals surface area contributed by atoms with Gasteiger partial charge in [-0.3, -0.25) is 4.79 Å². The van der Waals surface area contributed by atoms with Crippen molar-refractivity contribution in [3.63, 3.8) is 0 Å². The molecule has 1 heterocycles. The molecular weight excluding hydrogens is 320 g/mol. The predicted octanol–water partition coefficient (Wildman–Crippen LogP) is 3.40. The molecule has 0 aliphatic rings. The van der Waals surface area contributed by atoms with Crippen LogP contribution in [0, 0.1) is 0 Å². The number of hydrogen-bond acceptors (Lipinski definition) is 4. The van der Waals surface area contributed by atoms with Crippen LogP contribution in [0.25, 0.3) is 0 Å². The number of hydrogen-bond donors (Lipinski definition) is 2. The first-order valence-electron chi connectivity index (χ1n) is 8.20. The van der Waals surface area contributed by atoms with Crippen LogP contribution in [0.1, 0.15) is 44.6 Å². The third-order valence-corrected chi connectivity index (χ3v) is 3.29. The van der Waals surface area contributed by atoms with E-state index < -0.39 is 11.7 Å². The molecule has 0 spiro atoms. The quantitative estimate of drug-likeness (QED) is 0.841. The molecule has 0 aliphatic heterocycles. The maximum absolute atomic E-state index is 12.2. The van der Waals surface area contributed by atoms with Crippen molar-refractivity contribution in [1.82, 2.24) is 10.6 Å². The number of ether oxygens (including phenoxy) is 1. The zero-order valence-corrected chi connectivity index (χ0v) is 14.7. The molecule has 6 heteroatoms. The average molecular weight is 344 g/mol. The molecule has 2 N–H and O–H groups in total. The second-order valence-electron chi connectivity index (χ2n) is 6.61. The Balaban J connectivity index is 1.89. The largest absolute Gasteiger partial charge is 0.467 e. The van der Waals surface area contributed by atoms with E-state index in [0.29, 0.717) is 5.76 Å². The molecule has 1 aromatic heterocycles. The van der Waals surface area contributed by atoms with Crippen LogP contribution in [0.3, 0.4) is 0 Å². The van der Waals surface area contributed by atoms with Crippen molar-refractivity contribution in [3.8, 4) is 0 Å². The minimum Gasteiger partial charge on any atom is -0.467 e. The van der Waals surface area contributed by atoms with Crippen LogP contribution in [0.2, 0.25) is 0 Å². The zero-order valence-electron chi connectivity index (χ0n) is 14.7. The smallest absolute Gasteiger partial charge is 0.407 e. The summed E-state index contributed by atoms with van der Waals surface area (Å²) in [5.74, 6) is 0.459. The lowest BCUT2D eigenvalue weighted by atomic mass is 10.0. The third-order valence-electron chi connectivity index (χ3n) is 3.29. The van der Waals surface area contributed by atoms with Crippen molar-refractivity contribution in [1.29, 1.82) is 0 Å². The summed E-state index contributed by atoms with van der Waals surface area (Å²) in [5, 5.41) is 5.51. The Labute approximate surface area is 147 Å². The van der Waals surface area contributed by atoms with Gasteiger partial charge in [-0.15, -0.1) is 0 Å². The second-order valence-corrected chi connectivity index (χ2v) is 6.61. The Kier molecular flexibility index (Phi) is 6.22. The number of rotatable bonds is 6. The van der Waals surface area contributed by atoms with Gasteiger partial charge in [0.2, 0.25) is 5.91 Å².